The first-order valence-electron chi connectivity index (χ1n) is 5.58. The van der Waals surface area contributed by atoms with Crippen LogP contribution >= 0.6 is 0 Å². The highest BCUT2D eigenvalue weighted by molar-refractivity contribution is 5.81. The van der Waals surface area contributed by atoms with Crippen LogP contribution in [0.25, 0.3) is 0 Å². The molecule has 1 saturated heterocycles. The van der Waals surface area contributed by atoms with Gasteiger partial charge in [0.2, 0.25) is 0 Å². The first-order chi connectivity index (χ1) is 6.26. The number of nitrogens with one attached hydrogen (secondary N) is 1. The van der Waals surface area contributed by atoms with Gasteiger partial charge in [-0.3, -0.25) is 5.41 Å². The lowest BCUT2D eigenvalue weighted by Gasteiger charge is -2.24. The van der Waals surface area contributed by atoms with Gasteiger partial charge in [0.1, 0.15) is 0 Å². The molecule has 2 rings (SSSR count). The fourth-order valence-electron chi connectivity index (χ4n) is 2.50. The second-order valence-electron chi connectivity index (χ2n) is 4.72. The van der Waals surface area contributed by atoms with E-state index in [0.717, 1.165) is 18.8 Å². The van der Waals surface area contributed by atoms with Crippen LogP contribution in [-0.4, -0.2) is 23.8 Å². The molecule has 1 heterocycles. The monoisotopic (exact) mass is 180 g/mol. The fourth-order valence-corrected chi connectivity index (χ4v) is 2.50. The van der Waals surface area contributed by atoms with Crippen molar-refractivity contribution in [1.82, 2.24) is 4.90 Å². The van der Waals surface area contributed by atoms with Gasteiger partial charge in [0.15, 0.2) is 0 Å². The second-order valence-corrected chi connectivity index (χ2v) is 4.72. The molecule has 0 unspecified atom stereocenters. The highest BCUT2D eigenvalue weighted by Gasteiger charge is 2.43. The maximum absolute atomic E-state index is 7.77. The third kappa shape index (κ3) is 1.87. The third-order valence-electron chi connectivity index (χ3n) is 3.49. The molecular weight excluding hydrogens is 160 g/mol. The molecule has 1 aliphatic heterocycles. The summed E-state index contributed by atoms with van der Waals surface area (Å²) in [4.78, 5) is 2.31. The summed E-state index contributed by atoms with van der Waals surface area (Å²) in [6.45, 7) is 4.60. The SMILES string of the molecule is CCCC1(CN2CCCC2=N)CC1. The fraction of sp³-hybridized carbons (Fsp3) is 0.909. The summed E-state index contributed by atoms with van der Waals surface area (Å²) in [5.74, 6) is 0.891. The van der Waals surface area contributed by atoms with E-state index in [1.54, 1.807) is 0 Å². The van der Waals surface area contributed by atoms with E-state index < -0.39 is 0 Å². The molecule has 2 fully saturated rings. The Kier molecular flexibility index (Phi) is 2.31. The summed E-state index contributed by atoms with van der Waals surface area (Å²) >= 11 is 0. The number of hydrogen-bond acceptors (Lipinski definition) is 1. The number of hydrogen-bond donors (Lipinski definition) is 1. The topological polar surface area (TPSA) is 27.1 Å². The molecule has 74 valence electrons. The Bertz CT molecular complexity index is 206. The van der Waals surface area contributed by atoms with E-state index >= 15 is 0 Å². The van der Waals surface area contributed by atoms with Crippen molar-refractivity contribution in [1.29, 1.82) is 5.41 Å². The first kappa shape index (κ1) is 9.04. The van der Waals surface area contributed by atoms with Crippen molar-refractivity contribution in [2.45, 2.75) is 45.4 Å². The minimum atomic E-state index is 0.630. The van der Waals surface area contributed by atoms with Crippen LogP contribution in [0.2, 0.25) is 0 Å². The lowest BCUT2D eigenvalue weighted by atomic mass is 10.0. The van der Waals surface area contributed by atoms with Crippen molar-refractivity contribution in [3.8, 4) is 0 Å². The number of likely N-dealkylation sites (tertiary alicyclic amines) is 1. The normalized spacial score (nSPS) is 25.3. The summed E-state index contributed by atoms with van der Waals surface area (Å²) in [6.07, 6.45) is 7.72. The molecule has 2 aliphatic rings. The van der Waals surface area contributed by atoms with E-state index in [4.69, 9.17) is 5.41 Å². The van der Waals surface area contributed by atoms with E-state index in [9.17, 15) is 0 Å². The standard InChI is InChI=1S/C11H20N2/c1-2-5-11(6-7-11)9-13-8-3-4-10(13)12/h12H,2-9H2,1H3. The smallest absolute Gasteiger partial charge is 0.0958 e. The van der Waals surface area contributed by atoms with Crippen LogP contribution in [0.1, 0.15) is 45.4 Å². The zero-order valence-corrected chi connectivity index (χ0v) is 8.60. The minimum Gasteiger partial charge on any atom is -0.360 e. The Hall–Kier alpha value is -0.530. The molecule has 0 aromatic heterocycles. The largest absolute Gasteiger partial charge is 0.360 e. The van der Waals surface area contributed by atoms with Crippen LogP contribution < -0.4 is 0 Å². The van der Waals surface area contributed by atoms with Gasteiger partial charge in [-0.05, 0) is 31.1 Å². The summed E-state index contributed by atoms with van der Waals surface area (Å²) < 4.78 is 0. The lowest BCUT2D eigenvalue weighted by molar-refractivity contribution is 0.320. The summed E-state index contributed by atoms with van der Waals surface area (Å²) in [6, 6.07) is 0. The highest BCUT2D eigenvalue weighted by Crippen LogP contribution is 2.50. The maximum Gasteiger partial charge on any atom is 0.0958 e. The van der Waals surface area contributed by atoms with Crippen LogP contribution in [0.4, 0.5) is 0 Å². The predicted octanol–water partition coefficient (Wildman–Crippen LogP) is 2.64. The van der Waals surface area contributed by atoms with Gasteiger partial charge < -0.3 is 4.90 Å². The minimum absolute atomic E-state index is 0.630. The molecule has 0 bridgehead atoms. The molecule has 1 aliphatic carbocycles. The molecule has 1 saturated carbocycles. The highest BCUT2D eigenvalue weighted by atomic mass is 15.2. The lowest BCUT2D eigenvalue weighted by Crippen LogP contribution is -2.31. The van der Waals surface area contributed by atoms with Gasteiger partial charge in [0, 0.05) is 19.5 Å². The summed E-state index contributed by atoms with van der Waals surface area (Å²) in [7, 11) is 0. The van der Waals surface area contributed by atoms with Crippen LogP contribution in [-0.2, 0) is 0 Å². The van der Waals surface area contributed by atoms with Gasteiger partial charge in [-0.15, -0.1) is 0 Å². The van der Waals surface area contributed by atoms with Gasteiger partial charge in [0.25, 0.3) is 0 Å². The van der Waals surface area contributed by atoms with Crippen molar-refractivity contribution in [3.05, 3.63) is 0 Å². The summed E-state index contributed by atoms with van der Waals surface area (Å²) in [5.41, 5.74) is 0.630. The van der Waals surface area contributed by atoms with E-state index in [2.05, 4.69) is 11.8 Å². The predicted molar refractivity (Wildman–Crippen MR) is 55.1 cm³/mol. The van der Waals surface area contributed by atoms with Crippen LogP contribution in [0.5, 0.6) is 0 Å². The molecule has 13 heavy (non-hydrogen) atoms. The second kappa shape index (κ2) is 3.32. The van der Waals surface area contributed by atoms with Crippen molar-refractivity contribution < 1.29 is 0 Å². The molecule has 0 atom stereocenters. The van der Waals surface area contributed by atoms with Gasteiger partial charge >= 0.3 is 0 Å². The Morgan fingerprint density at radius 3 is 2.69 bits per heavy atom. The van der Waals surface area contributed by atoms with Gasteiger partial charge in [-0.2, -0.15) is 0 Å². The quantitative estimate of drug-likeness (QED) is 0.707. The first-order valence-corrected chi connectivity index (χ1v) is 5.58. The summed E-state index contributed by atoms with van der Waals surface area (Å²) in [5, 5.41) is 7.77. The average molecular weight is 180 g/mol. The van der Waals surface area contributed by atoms with E-state index in [1.165, 1.54) is 38.6 Å². The Morgan fingerprint density at radius 2 is 2.23 bits per heavy atom. The van der Waals surface area contributed by atoms with Crippen molar-refractivity contribution in [3.63, 3.8) is 0 Å². The Morgan fingerprint density at radius 1 is 1.46 bits per heavy atom. The van der Waals surface area contributed by atoms with E-state index in [-0.39, 0.29) is 0 Å². The van der Waals surface area contributed by atoms with Crippen molar-refractivity contribution in [2.24, 2.45) is 5.41 Å². The third-order valence-corrected chi connectivity index (χ3v) is 3.49. The van der Waals surface area contributed by atoms with Gasteiger partial charge in [-0.25, -0.2) is 0 Å². The van der Waals surface area contributed by atoms with E-state index in [0.29, 0.717) is 5.41 Å². The molecule has 2 nitrogen and oxygen atoms in total. The average Bonchev–Trinajstić information content (AvgIpc) is 2.73. The zero-order chi connectivity index (χ0) is 9.31. The van der Waals surface area contributed by atoms with Crippen LogP contribution in [0.15, 0.2) is 0 Å². The van der Waals surface area contributed by atoms with Gasteiger partial charge in [0.05, 0.1) is 5.84 Å². The molecule has 0 radical (unpaired) electrons. The van der Waals surface area contributed by atoms with Crippen LogP contribution in [0, 0.1) is 10.8 Å². The molecule has 0 aromatic carbocycles. The molecule has 0 spiro atoms. The molecule has 0 amide bonds. The zero-order valence-electron chi connectivity index (χ0n) is 8.60. The number of nitrogens with zero attached hydrogens (tertiary/aromatic N) is 1. The van der Waals surface area contributed by atoms with Crippen molar-refractivity contribution in [2.75, 3.05) is 13.1 Å². The maximum atomic E-state index is 7.77. The van der Waals surface area contributed by atoms with Crippen LogP contribution in [0.3, 0.4) is 0 Å². The molecular formula is C11H20N2. The van der Waals surface area contributed by atoms with Gasteiger partial charge in [-0.1, -0.05) is 13.3 Å². The molecule has 0 aromatic rings. The Balaban J connectivity index is 1.86. The number of amidine groups is 1. The molecule has 1 N–H and O–H groups in total. The molecule has 2 heteroatoms. The Labute approximate surface area is 80.8 Å². The number of rotatable bonds is 4. The van der Waals surface area contributed by atoms with E-state index in [1.807, 2.05) is 0 Å². The van der Waals surface area contributed by atoms with Crippen molar-refractivity contribution >= 4 is 5.84 Å².